The van der Waals surface area contributed by atoms with E-state index in [1.165, 1.54) is 35.6 Å². The van der Waals surface area contributed by atoms with E-state index < -0.39 is 10.0 Å². The number of hydrogen-bond acceptors (Lipinski definition) is 6. The predicted molar refractivity (Wildman–Crippen MR) is 149 cm³/mol. The summed E-state index contributed by atoms with van der Waals surface area (Å²) in [5.74, 6) is 4.46. The van der Waals surface area contributed by atoms with Crippen molar-refractivity contribution in [3.8, 4) is 0 Å². The van der Waals surface area contributed by atoms with E-state index in [1.54, 1.807) is 17.1 Å². The van der Waals surface area contributed by atoms with Gasteiger partial charge in [-0.15, -0.1) is 11.3 Å². The minimum Gasteiger partial charge on any atom is -0.342 e. The molecule has 5 rings (SSSR count). The van der Waals surface area contributed by atoms with E-state index in [0.29, 0.717) is 42.7 Å². The monoisotopic (exact) mass is 549 g/mol. The summed E-state index contributed by atoms with van der Waals surface area (Å²) < 4.78 is 25.9. The van der Waals surface area contributed by atoms with Crippen molar-refractivity contribution >= 4 is 27.3 Å². The van der Waals surface area contributed by atoms with Gasteiger partial charge in [-0.05, 0) is 69.6 Å². The van der Waals surface area contributed by atoms with Crippen molar-refractivity contribution < 1.29 is 13.2 Å². The van der Waals surface area contributed by atoms with Gasteiger partial charge in [-0.2, -0.15) is 4.31 Å². The molecular weight excluding hydrogens is 504 g/mol. The molecule has 0 N–H and O–H groups in total. The summed E-state index contributed by atoms with van der Waals surface area (Å²) in [4.78, 5) is 23.6. The summed E-state index contributed by atoms with van der Waals surface area (Å²) >= 11 is 1.86. The van der Waals surface area contributed by atoms with Gasteiger partial charge in [-0.3, -0.25) is 9.69 Å². The van der Waals surface area contributed by atoms with Gasteiger partial charge in [0, 0.05) is 68.7 Å². The van der Waals surface area contributed by atoms with E-state index in [1.807, 2.05) is 11.3 Å². The third kappa shape index (κ3) is 6.42. The third-order valence-corrected chi connectivity index (χ3v) is 12.5. The van der Waals surface area contributed by atoms with Gasteiger partial charge in [-0.1, -0.05) is 19.8 Å². The quantitative estimate of drug-likeness (QED) is 0.500. The second kappa shape index (κ2) is 12.0. The minimum atomic E-state index is -3.08. The number of likely N-dealkylation sites (tertiary alicyclic amines) is 1. The number of carbonyl (C=O) groups is 1. The van der Waals surface area contributed by atoms with E-state index in [-0.39, 0.29) is 5.75 Å². The maximum atomic E-state index is 12.9. The van der Waals surface area contributed by atoms with Crippen LogP contribution in [0, 0.1) is 23.7 Å². The van der Waals surface area contributed by atoms with E-state index >= 15 is 0 Å². The highest BCUT2D eigenvalue weighted by atomic mass is 32.2. The zero-order valence-corrected chi connectivity index (χ0v) is 24.4. The molecule has 9 heteroatoms. The van der Waals surface area contributed by atoms with Crippen LogP contribution in [0.1, 0.15) is 87.4 Å². The molecule has 2 aliphatic heterocycles. The van der Waals surface area contributed by atoms with E-state index in [4.69, 9.17) is 4.98 Å². The molecule has 2 unspecified atom stereocenters. The Morgan fingerprint density at radius 1 is 1.03 bits per heavy atom. The number of rotatable bonds is 7. The molecule has 3 heterocycles. The molecule has 0 bridgehead atoms. The Bertz CT molecular complexity index is 1010. The SMILES string of the molecule is CCS(=O)(=O)N1CCN(Cc2cnc(C3C[C](C4CCN(C(=O)C5CCCC5)CC4)CCC3C)s2)CC1. The summed E-state index contributed by atoms with van der Waals surface area (Å²) in [6, 6.07) is 0. The molecule has 1 radical (unpaired) electrons. The predicted octanol–water partition coefficient (Wildman–Crippen LogP) is 4.52. The molecule has 1 aromatic heterocycles. The van der Waals surface area contributed by atoms with Gasteiger partial charge in [0.2, 0.25) is 15.9 Å². The van der Waals surface area contributed by atoms with Crippen molar-refractivity contribution in [1.29, 1.82) is 0 Å². The van der Waals surface area contributed by atoms with Crippen molar-refractivity contribution in [2.75, 3.05) is 45.0 Å². The number of aromatic nitrogens is 1. The van der Waals surface area contributed by atoms with Gasteiger partial charge in [0.05, 0.1) is 10.8 Å². The summed E-state index contributed by atoms with van der Waals surface area (Å²) in [7, 11) is -3.08. The zero-order chi connectivity index (χ0) is 26.0. The second-order valence-electron chi connectivity index (χ2n) is 11.8. The fourth-order valence-electron chi connectivity index (χ4n) is 6.98. The highest BCUT2D eigenvalue weighted by Crippen LogP contribution is 2.47. The zero-order valence-electron chi connectivity index (χ0n) is 22.7. The Kier molecular flexibility index (Phi) is 8.94. The topological polar surface area (TPSA) is 73.8 Å². The Balaban J connectivity index is 1.12. The van der Waals surface area contributed by atoms with Crippen LogP contribution in [0.5, 0.6) is 0 Å². The number of carbonyl (C=O) groups excluding carboxylic acids is 1. The Hall–Kier alpha value is -1.03. The summed E-state index contributed by atoms with van der Waals surface area (Å²) in [5, 5.41) is 1.28. The van der Waals surface area contributed by atoms with Gasteiger partial charge in [0.1, 0.15) is 0 Å². The molecule has 0 aromatic carbocycles. The lowest BCUT2D eigenvalue weighted by Crippen LogP contribution is -2.48. The first-order valence-electron chi connectivity index (χ1n) is 14.6. The van der Waals surface area contributed by atoms with Crippen LogP contribution in [0.3, 0.4) is 0 Å². The highest BCUT2D eigenvalue weighted by molar-refractivity contribution is 7.89. The fourth-order valence-corrected chi connectivity index (χ4v) is 9.25. The Labute approximate surface area is 228 Å². The molecule has 2 atom stereocenters. The molecule has 1 amide bonds. The average Bonchev–Trinajstić information content (AvgIpc) is 3.62. The van der Waals surface area contributed by atoms with Crippen LogP contribution in [0.15, 0.2) is 6.20 Å². The fraction of sp³-hybridized carbons (Fsp3) is 0.821. The van der Waals surface area contributed by atoms with E-state index in [9.17, 15) is 13.2 Å². The number of thiazole rings is 1. The smallest absolute Gasteiger partial charge is 0.225 e. The molecule has 207 valence electrons. The molecule has 4 fully saturated rings. The summed E-state index contributed by atoms with van der Waals surface area (Å²) in [5.41, 5.74) is 0. The van der Waals surface area contributed by atoms with Crippen LogP contribution in [0.4, 0.5) is 0 Å². The van der Waals surface area contributed by atoms with Gasteiger partial charge in [-0.25, -0.2) is 13.4 Å². The van der Waals surface area contributed by atoms with Crippen molar-refractivity contribution in [2.24, 2.45) is 17.8 Å². The maximum absolute atomic E-state index is 12.9. The largest absolute Gasteiger partial charge is 0.342 e. The molecule has 2 saturated carbocycles. The number of nitrogens with zero attached hydrogens (tertiary/aromatic N) is 4. The molecule has 2 aliphatic carbocycles. The minimum absolute atomic E-state index is 0.182. The molecule has 0 spiro atoms. The van der Waals surface area contributed by atoms with Crippen LogP contribution in [-0.2, 0) is 21.4 Å². The molecule has 4 aliphatic rings. The number of amides is 1. The second-order valence-corrected chi connectivity index (χ2v) is 15.2. The summed E-state index contributed by atoms with van der Waals surface area (Å²) in [6.07, 6.45) is 12.6. The van der Waals surface area contributed by atoms with Crippen LogP contribution < -0.4 is 0 Å². The Morgan fingerprint density at radius 2 is 1.73 bits per heavy atom. The normalized spacial score (nSPS) is 28.2. The number of piperidine rings is 1. The van der Waals surface area contributed by atoms with Gasteiger partial charge >= 0.3 is 0 Å². The number of hydrogen-bond donors (Lipinski definition) is 0. The molecule has 1 aromatic rings. The lowest BCUT2D eigenvalue weighted by atomic mass is 9.68. The number of sulfonamides is 1. The Morgan fingerprint density at radius 3 is 2.41 bits per heavy atom. The number of piperazine rings is 1. The van der Waals surface area contributed by atoms with Crippen LogP contribution >= 0.6 is 11.3 Å². The maximum Gasteiger partial charge on any atom is 0.225 e. The molecule has 7 nitrogen and oxygen atoms in total. The standard InChI is InChI=1S/C28H45N4O3S2/c1-3-37(34,35)32-16-14-30(15-17-32)20-25-19-29-27(36-25)26-18-24(9-8-21(26)2)22-10-12-31(13-11-22)28(33)23-6-4-5-7-23/h19,21-23,26H,3-18,20H2,1-2H3. The third-order valence-electron chi connectivity index (χ3n) is 9.54. The van der Waals surface area contributed by atoms with Crippen LogP contribution in [-0.4, -0.2) is 78.4 Å². The highest BCUT2D eigenvalue weighted by Gasteiger charge is 2.38. The average molecular weight is 550 g/mol. The lowest BCUT2D eigenvalue weighted by Gasteiger charge is -2.41. The summed E-state index contributed by atoms with van der Waals surface area (Å²) in [6.45, 7) is 9.60. The lowest BCUT2D eigenvalue weighted by molar-refractivity contribution is -0.136. The molecule has 37 heavy (non-hydrogen) atoms. The van der Waals surface area contributed by atoms with Gasteiger partial charge in [0.25, 0.3) is 0 Å². The van der Waals surface area contributed by atoms with E-state index in [0.717, 1.165) is 64.8 Å². The first-order valence-corrected chi connectivity index (χ1v) is 17.0. The van der Waals surface area contributed by atoms with Crippen molar-refractivity contribution in [3.05, 3.63) is 22.0 Å². The van der Waals surface area contributed by atoms with Gasteiger partial charge < -0.3 is 4.90 Å². The van der Waals surface area contributed by atoms with E-state index in [2.05, 4.69) is 22.9 Å². The van der Waals surface area contributed by atoms with Crippen LogP contribution in [0.25, 0.3) is 0 Å². The van der Waals surface area contributed by atoms with Crippen molar-refractivity contribution in [2.45, 2.75) is 84.1 Å². The van der Waals surface area contributed by atoms with Crippen LogP contribution in [0.2, 0.25) is 0 Å². The van der Waals surface area contributed by atoms with Crippen molar-refractivity contribution in [3.63, 3.8) is 0 Å². The first-order chi connectivity index (χ1) is 17.8. The first kappa shape index (κ1) is 27.5. The molecular formula is C28H45N4O3S2. The molecule has 2 saturated heterocycles. The van der Waals surface area contributed by atoms with Crippen molar-refractivity contribution in [1.82, 2.24) is 19.1 Å². The van der Waals surface area contributed by atoms with Gasteiger partial charge in [0.15, 0.2) is 0 Å².